The third-order valence-electron chi connectivity index (χ3n) is 0.241. The van der Waals surface area contributed by atoms with Crippen LogP contribution in [0.15, 0.2) is 10.2 Å². The van der Waals surface area contributed by atoms with Crippen molar-refractivity contribution in [2.75, 3.05) is 0 Å². The molecule has 8 nitrogen and oxygen atoms in total. The van der Waals surface area contributed by atoms with Gasteiger partial charge in [-0.3, -0.25) is 10.8 Å². The molecule has 0 fully saturated rings. The Kier molecular flexibility index (Phi) is 16.1. The van der Waals surface area contributed by atoms with E-state index < -0.39 is 11.9 Å². The topological polar surface area (TPSA) is 172 Å². The van der Waals surface area contributed by atoms with E-state index in [9.17, 15) is 0 Å². The maximum atomic E-state index is 6.17. The molecule has 0 aromatic carbocycles. The van der Waals surface area contributed by atoms with E-state index >= 15 is 0 Å². The standard InChI is InChI=1S/2CH4N4.CH4/c2*2-1(3)5-4;/h2*4H,(H3,2,3);1H4. The summed E-state index contributed by atoms with van der Waals surface area (Å²) >= 11 is 0. The molecule has 0 aromatic heterocycles. The van der Waals surface area contributed by atoms with Gasteiger partial charge in [-0.25, -0.2) is 11.1 Å². The highest BCUT2D eigenvalue weighted by Gasteiger charge is 1.66. The summed E-state index contributed by atoms with van der Waals surface area (Å²) in [6.45, 7) is 0. The highest BCUT2D eigenvalue weighted by atomic mass is 15.1. The molecule has 0 heterocycles. The number of nitrogens with two attached hydrogens (primary N) is 2. The van der Waals surface area contributed by atoms with Crippen LogP contribution in [0.4, 0.5) is 0 Å². The summed E-state index contributed by atoms with van der Waals surface area (Å²) in [6, 6.07) is 0. The number of nitrogens with zero attached hydrogens (tertiary/aromatic N) is 2. The third-order valence-corrected chi connectivity index (χ3v) is 0.241. The number of guanidine groups is 2. The molecular formula is C3H12N8. The predicted molar refractivity (Wildman–Crippen MR) is 40.9 cm³/mol. The first-order chi connectivity index (χ1) is 4.54. The number of nitrogens with one attached hydrogen (secondary N) is 4. The SMILES string of the molecule is C.N=NC(=N)N.N=NC(=N)N. The zero-order chi connectivity index (χ0) is 8.57. The molecule has 0 saturated carbocycles. The Morgan fingerprint density at radius 3 is 1.00 bits per heavy atom. The largest absolute Gasteiger partial charge is 0.367 e. The second-order valence-corrected chi connectivity index (χ2v) is 0.994. The fourth-order valence-corrected chi connectivity index (χ4v) is 0. The average molecular weight is 160 g/mol. The van der Waals surface area contributed by atoms with Gasteiger partial charge in [0, 0.05) is 0 Å². The van der Waals surface area contributed by atoms with E-state index in [0.717, 1.165) is 0 Å². The minimum absolute atomic E-state index is 0. The van der Waals surface area contributed by atoms with Crippen molar-refractivity contribution in [2.24, 2.45) is 21.7 Å². The third kappa shape index (κ3) is 67.0. The fraction of sp³-hybridized carbons (Fsp3) is 0.333. The Hall–Kier alpha value is -1.86. The van der Waals surface area contributed by atoms with Crippen molar-refractivity contribution < 1.29 is 0 Å². The highest BCUT2D eigenvalue weighted by molar-refractivity contribution is 5.74. The second-order valence-electron chi connectivity index (χ2n) is 0.994. The van der Waals surface area contributed by atoms with Gasteiger partial charge in [-0.05, 0) is 0 Å². The summed E-state index contributed by atoms with van der Waals surface area (Å²) in [5.74, 6) is -0.907. The lowest BCUT2D eigenvalue weighted by Gasteiger charge is -1.69. The van der Waals surface area contributed by atoms with Crippen molar-refractivity contribution in [3.05, 3.63) is 0 Å². The van der Waals surface area contributed by atoms with Gasteiger partial charge in [-0.2, -0.15) is 0 Å². The van der Waals surface area contributed by atoms with Crippen molar-refractivity contribution in [1.82, 2.24) is 0 Å². The minimum atomic E-state index is -0.454. The van der Waals surface area contributed by atoms with Gasteiger partial charge >= 0.3 is 0 Å². The van der Waals surface area contributed by atoms with Crippen LogP contribution >= 0.6 is 0 Å². The summed E-state index contributed by atoms with van der Waals surface area (Å²) in [5.41, 5.74) is 20.9. The van der Waals surface area contributed by atoms with Crippen LogP contribution in [0.5, 0.6) is 0 Å². The molecule has 0 unspecified atom stereocenters. The van der Waals surface area contributed by atoms with Gasteiger partial charge in [0.05, 0.1) is 0 Å². The summed E-state index contributed by atoms with van der Waals surface area (Å²) in [5, 5.41) is 17.3. The van der Waals surface area contributed by atoms with Crippen LogP contribution in [0.25, 0.3) is 0 Å². The minimum Gasteiger partial charge on any atom is -0.367 e. The first kappa shape index (κ1) is 16.1. The van der Waals surface area contributed by atoms with Crippen LogP contribution < -0.4 is 11.5 Å². The Morgan fingerprint density at radius 1 is 0.909 bits per heavy atom. The lowest BCUT2D eigenvalue weighted by atomic mass is 11.1. The van der Waals surface area contributed by atoms with Crippen LogP contribution in [0.3, 0.4) is 0 Å². The number of hydrogen-bond acceptors (Lipinski definition) is 4. The van der Waals surface area contributed by atoms with Crippen molar-refractivity contribution in [2.45, 2.75) is 7.43 Å². The molecule has 0 aliphatic heterocycles. The van der Waals surface area contributed by atoms with Gasteiger partial charge in [0.25, 0.3) is 0 Å². The number of rotatable bonds is 0. The van der Waals surface area contributed by atoms with Crippen LogP contribution in [-0.2, 0) is 0 Å². The predicted octanol–water partition coefficient (Wildman–Crippen LogP) is 0.458. The lowest BCUT2D eigenvalue weighted by Crippen LogP contribution is -2.02. The Bertz CT molecular complexity index is 129. The van der Waals surface area contributed by atoms with E-state index in [-0.39, 0.29) is 7.43 Å². The second kappa shape index (κ2) is 11.0. The van der Waals surface area contributed by atoms with Gasteiger partial charge in [0.1, 0.15) is 0 Å². The smallest absolute Gasteiger partial charge is 0.231 e. The molecular weight excluding hydrogens is 148 g/mol. The van der Waals surface area contributed by atoms with Crippen LogP contribution in [0, 0.1) is 21.9 Å². The first-order valence-electron chi connectivity index (χ1n) is 1.97. The maximum Gasteiger partial charge on any atom is 0.231 e. The van der Waals surface area contributed by atoms with E-state index in [1.54, 1.807) is 0 Å². The summed E-state index contributed by atoms with van der Waals surface area (Å²) in [6.07, 6.45) is 0. The van der Waals surface area contributed by atoms with E-state index in [0.29, 0.717) is 0 Å². The van der Waals surface area contributed by atoms with E-state index in [2.05, 4.69) is 21.7 Å². The molecule has 0 aliphatic carbocycles. The molecule has 0 spiro atoms. The Labute approximate surface area is 64.0 Å². The van der Waals surface area contributed by atoms with Gasteiger partial charge in [-0.1, -0.05) is 7.43 Å². The zero-order valence-corrected chi connectivity index (χ0v) is 5.05. The first-order valence-corrected chi connectivity index (χ1v) is 1.97. The van der Waals surface area contributed by atoms with Gasteiger partial charge in [0.15, 0.2) is 0 Å². The molecule has 0 atom stereocenters. The monoisotopic (exact) mass is 160 g/mol. The molecule has 0 rings (SSSR count). The van der Waals surface area contributed by atoms with Crippen molar-refractivity contribution >= 4 is 11.9 Å². The van der Waals surface area contributed by atoms with Crippen LogP contribution in [-0.4, -0.2) is 11.9 Å². The molecule has 0 bridgehead atoms. The molecule has 8 N–H and O–H groups in total. The molecule has 0 aromatic rings. The van der Waals surface area contributed by atoms with E-state index in [1.165, 1.54) is 0 Å². The molecule has 8 heteroatoms. The molecule has 11 heavy (non-hydrogen) atoms. The maximum absolute atomic E-state index is 6.17. The molecule has 0 radical (unpaired) electrons. The van der Waals surface area contributed by atoms with Gasteiger partial charge < -0.3 is 11.5 Å². The van der Waals surface area contributed by atoms with Crippen LogP contribution in [0.2, 0.25) is 0 Å². The Morgan fingerprint density at radius 2 is 1.00 bits per heavy atom. The van der Waals surface area contributed by atoms with E-state index in [4.69, 9.17) is 21.9 Å². The lowest BCUT2D eigenvalue weighted by molar-refractivity contribution is 1.15. The number of hydrogen-bond donors (Lipinski definition) is 6. The molecule has 64 valence electrons. The quantitative estimate of drug-likeness (QED) is 0.172. The van der Waals surface area contributed by atoms with Gasteiger partial charge in [0.2, 0.25) is 11.9 Å². The van der Waals surface area contributed by atoms with Crippen molar-refractivity contribution in [1.29, 1.82) is 21.9 Å². The summed E-state index contributed by atoms with van der Waals surface area (Å²) in [4.78, 5) is 0. The normalized spacial score (nSPS) is 5.82. The van der Waals surface area contributed by atoms with Crippen LogP contribution in [0.1, 0.15) is 7.43 Å². The Balaban J connectivity index is -0.000000107. The molecule has 0 amide bonds. The van der Waals surface area contributed by atoms with Gasteiger partial charge in [-0.15, -0.1) is 10.2 Å². The molecule has 0 saturated heterocycles. The zero-order valence-electron chi connectivity index (χ0n) is 5.05. The van der Waals surface area contributed by atoms with Crippen molar-refractivity contribution in [3.8, 4) is 0 Å². The molecule has 0 aliphatic rings. The summed E-state index contributed by atoms with van der Waals surface area (Å²) < 4.78 is 0. The van der Waals surface area contributed by atoms with Crippen molar-refractivity contribution in [3.63, 3.8) is 0 Å². The average Bonchev–Trinajstić information content (AvgIpc) is 1.89. The highest BCUT2D eigenvalue weighted by Crippen LogP contribution is 1.51. The van der Waals surface area contributed by atoms with E-state index in [1.807, 2.05) is 0 Å². The summed E-state index contributed by atoms with van der Waals surface area (Å²) in [7, 11) is 0. The fourth-order valence-electron chi connectivity index (χ4n) is 0.